The van der Waals surface area contributed by atoms with Gasteiger partial charge in [0.2, 0.25) is 0 Å². The Kier molecular flexibility index (Phi) is 2.63. The van der Waals surface area contributed by atoms with Crippen molar-refractivity contribution in [2.45, 2.75) is 6.43 Å². The third-order valence-corrected chi connectivity index (χ3v) is 1.67. The van der Waals surface area contributed by atoms with Gasteiger partial charge in [0.05, 0.1) is 10.7 Å². The van der Waals surface area contributed by atoms with Gasteiger partial charge in [0.15, 0.2) is 5.69 Å². The van der Waals surface area contributed by atoms with Crippen LogP contribution in [0.4, 0.5) is 14.5 Å². The van der Waals surface area contributed by atoms with Gasteiger partial charge in [0.1, 0.15) is 11.8 Å². The maximum atomic E-state index is 12.1. The molecule has 1 rings (SSSR count). The van der Waals surface area contributed by atoms with Gasteiger partial charge in [-0.1, -0.05) is 11.6 Å². The number of halogens is 3. The van der Waals surface area contributed by atoms with Gasteiger partial charge in [0, 0.05) is 0 Å². The molecule has 0 aliphatic heterocycles. The molecule has 13 heavy (non-hydrogen) atoms. The summed E-state index contributed by atoms with van der Waals surface area (Å²) in [6, 6.07) is 2.52. The molecule has 6 heteroatoms. The SMILES string of the molecule is N#Cc1nc(C(F)F)cc(Cl)c1N. The summed E-state index contributed by atoms with van der Waals surface area (Å²) in [6.07, 6.45) is -2.76. The lowest BCUT2D eigenvalue weighted by Crippen LogP contribution is -1.99. The standard InChI is InChI=1S/C7H4ClF2N3/c8-3-1-4(7(9)10)13-5(2-11)6(3)12/h1,7H,12H2. The van der Waals surface area contributed by atoms with E-state index in [0.29, 0.717) is 0 Å². The third kappa shape index (κ3) is 1.84. The number of aromatic nitrogens is 1. The summed E-state index contributed by atoms with van der Waals surface area (Å²) in [4.78, 5) is 3.33. The minimum Gasteiger partial charge on any atom is -0.395 e. The van der Waals surface area contributed by atoms with E-state index in [2.05, 4.69) is 4.98 Å². The van der Waals surface area contributed by atoms with Gasteiger partial charge in [-0.05, 0) is 6.07 Å². The highest BCUT2D eigenvalue weighted by Gasteiger charge is 2.14. The number of nitrogen functional groups attached to an aromatic ring is 1. The van der Waals surface area contributed by atoms with E-state index in [1.165, 1.54) is 0 Å². The maximum Gasteiger partial charge on any atom is 0.280 e. The highest BCUT2D eigenvalue weighted by molar-refractivity contribution is 6.33. The van der Waals surface area contributed by atoms with Gasteiger partial charge in [-0.2, -0.15) is 5.26 Å². The zero-order chi connectivity index (χ0) is 10.0. The molecule has 0 atom stereocenters. The average Bonchev–Trinajstić information content (AvgIpc) is 2.09. The largest absolute Gasteiger partial charge is 0.395 e. The summed E-state index contributed by atoms with van der Waals surface area (Å²) in [6.45, 7) is 0. The fourth-order valence-corrected chi connectivity index (χ4v) is 0.941. The average molecular weight is 204 g/mol. The maximum absolute atomic E-state index is 12.1. The monoisotopic (exact) mass is 203 g/mol. The molecule has 3 nitrogen and oxygen atoms in total. The summed E-state index contributed by atoms with van der Waals surface area (Å²) in [5.41, 5.74) is 4.40. The van der Waals surface area contributed by atoms with Crippen LogP contribution in [0.25, 0.3) is 0 Å². The van der Waals surface area contributed by atoms with E-state index in [1.54, 1.807) is 6.07 Å². The molecular formula is C7H4ClF2N3. The number of nitrogens with two attached hydrogens (primary N) is 1. The molecule has 0 amide bonds. The topological polar surface area (TPSA) is 62.7 Å². The van der Waals surface area contributed by atoms with Gasteiger partial charge in [-0.25, -0.2) is 13.8 Å². The van der Waals surface area contributed by atoms with E-state index in [4.69, 9.17) is 22.6 Å². The Labute approximate surface area is 77.7 Å². The van der Waals surface area contributed by atoms with Gasteiger partial charge in [-0.15, -0.1) is 0 Å². The van der Waals surface area contributed by atoms with Crippen molar-refractivity contribution < 1.29 is 8.78 Å². The Morgan fingerprint density at radius 2 is 2.23 bits per heavy atom. The number of anilines is 1. The zero-order valence-corrected chi connectivity index (χ0v) is 7.02. The van der Waals surface area contributed by atoms with Crippen LogP contribution in [0.3, 0.4) is 0 Å². The number of hydrogen-bond donors (Lipinski definition) is 1. The van der Waals surface area contributed by atoms with Gasteiger partial charge < -0.3 is 5.73 Å². The zero-order valence-electron chi connectivity index (χ0n) is 6.26. The number of hydrogen-bond acceptors (Lipinski definition) is 3. The van der Waals surface area contributed by atoms with Crippen LogP contribution in [0.2, 0.25) is 5.02 Å². The molecule has 0 spiro atoms. The lowest BCUT2D eigenvalue weighted by molar-refractivity contribution is 0.146. The highest BCUT2D eigenvalue weighted by atomic mass is 35.5. The lowest BCUT2D eigenvalue weighted by atomic mass is 10.2. The highest BCUT2D eigenvalue weighted by Crippen LogP contribution is 2.26. The number of rotatable bonds is 1. The predicted molar refractivity (Wildman–Crippen MR) is 43.3 cm³/mol. The van der Waals surface area contributed by atoms with Crippen molar-refractivity contribution in [2.24, 2.45) is 0 Å². The molecule has 0 unspecified atom stereocenters. The first-order valence-electron chi connectivity index (χ1n) is 3.20. The molecule has 0 radical (unpaired) electrons. The van der Waals surface area contributed by atoms with Crippen LogP contribution in [-0.4, -0.2) is 4.98 Å². The molecule has 0 bridgehead atoms. The van der Waals surface area contributed by atoms with Crippen molar-refractivity contribution in [3.05, 3.63) is 22.5 Å². The number of nitriles is 1. The van der Waals surface area contributed by atoms with E-state index < -0.39 is 12.1 Å². The van der Waals surface area contributed by atoms with Crippen molar-refractivity contribution in [3.63, 3.8) is 0 Å². The molecule has 0 fully saturated rings. The molecule has 68 valence electrons. The quantitative estimate of drug-likeness (QED) is 0.761. The molecule has 0 saturated heterocycles. The van der Waals surface area contributed by atoms with Gasteiger partial charge in [0.25, 0.3) is 6.43 Å². The van der Waals surface area contributed by atoms with Crippen LogP contribution in [0.15, 0.2) is 6.07 Å². The van der Waals surface area contributed by atoms with Crippen molar-refractivity contribution in [1.82, 2.24) is 4.98 Å². The van der Waals surface area contributed by atoms with Crippen molar-refractivity contribution in [2.75, 3.05) is 5.73 Å². The Morgan fingerprint density at radius 3 is 2.69 bits per heavy atom. The van der Waals surface area contributed by atoms with Gasteiger partial charge >= 0.3 is 0 Å². The van der Waals surface area contributed by atoms with E-state index in [1.807, 2.05) is 0 Å². The second kappa shape index (κ2) is 3.54. The minimum atomic E-state index is -2.76. The van der Waals surface area contributed by atoms with E-state index >= 15 is 0 Å². The smallest absolute Gasteiger partial charge is 0.280 e. The Morgan fingerprint density at radius 1 is 1.62 bits per heavy atom. The van der Waals surface area contributed by atoms with Crippen LogP contribution < -0.4 is 5.73 Å². The van der Waals surface area contributed by atoms with Crippen LogP contribution in [0.5, 0.6) is 0 Å². The normalized spacial score (nSPS) is 10.1. The Bertz CT molecular complexity index is 373. The summed E-state index contributed by atoms with van der Waals surface area (Å²) < 4.78 is 24.2. The lowest BCUT2D eigenvalue weighted by Gasteiger charge is -2.03. The first kappa shape index (κ1) is 9.68. The molecule has 1 heterocycles. The Hall–Kier alpha value is -1.41. The fourth-order valence-electron chi connectivity index (χ4n) is 0.739. The van der Waals surface area contributed by atoms with E-state index in [9.17, 15) is 8.78 Å². The van der Waals surface area contributed by atoms with E-state index in [-0.39, 0.29) is 16.4 Å². The summed E-state index contributed by atoms with van der Waals surface area (Å²) in [5.74, 6) is 0. The molecule has 0 aromatic carbocycles. The number of nitrogens with zero attached hydrogens (tertiary/aromatic N) is 2. The van der Waals surface area contributed by atoms with Gasteiger partial charge in [-0.3, -0.25) is 0 Å². The van der Waals surface area contributed by atoms with Crippen molar-refractivity contribution in [3.8, 4) is 6.07 Å². The van der Waals surface area contributed by atoms with Crippen LogP contribution in [-0.2, 0) is 0 Å². The predicted octanol–water partition coefficient (Wildman–Crippen LogP) is 2.13. The second-order valence-electron chi connectivity index (χ2n) is 2.20. The molecule has 0 aliphatic carbocycles. The molecule has 0 saturated carbocycles. The molecule has 0 aliphatic rings. The first-order chi connectivity index (χ1) is 6.06. The van der Waals surface area contributed by atoms with Crippen molar-refractivity contribution >= 4 is 17.3 Å². The molecule has 1 aromatic heterocycles. The van der Waals surface area contributed by atoms with E-state index in [0.717, 1.165) is 6.07 Å². The van der Waals surface area contributed by atoms with Crippen LogP contribution in [0, 0.1) is 11.3 Å². The van der Waals surface area contributed by atoms with Crippen LogP contribution in [0.1, 0.15) is 17.8 Å². The summed E-state index contributed by atoms with van der Waals surface area (Å²) in [5, 5.41) is 8.37. The fraction of sp³-hybridized carbons (Fsp3) is 0.143. The minimum absolute atomic E-state index is 0.0754. The third-order valence-electron chi connectivity index (χ3n) is 1.36. The number of pyridine rings is 1. The second-order valence-corrected chi connectivity index (χ2v) is 2.61. The summed E-state index contributed by atoms with van der Waals surface area (Å²) >= 11 is 5.49. The molecule has 1 aromatic rings. The summed E-state index contributed by atoms with van der Waals surface area (Å²) in [7, 11) is 0. The first-order valence-corrected chi connectivity index (χ1v) is 3.58. The Balaban J connectivity index is 3.32. The molecular weight excluding hydrogens is 200 g/mol. The van der Waals surface area contributed by atoms with Crippen molar-refractivity contribution in [1.29, 1.82) is 5.26 Å². The number of alkyl halides is 2. The van der Waals surface area contributed by atoms with Crippen LogP contribution >= 0.6 is 11.6 Å². The molecule has 2 N–H and O–H groups in total.